The molecule has 2 aromatic heterocycles. The second kappa shape index (κ2) is 5.09. The Kier molecular flexibility index (Phi) is 3.13. The zero-order chi connectivity index (χ0) is 16.9. The SMILES string of the molecule is COC(=O)C1(C(=O)n2cc(C)c3ccccc32)CC1c1ccco1. The third-order valence-corrected chi connectivity index (χ3v) is 4.91. The van der Waals surface area contributed by atoms with E-state index in [4.69, 9.17) is 9.15 Å². The molecule has 0 N–H and O–H groups in total. The minimum absolute atomic E-state index is 0.264. The number of rotatable bonds is 3. The minimum atomic E-state index is -1.21. The lowest BCUT2D eigenvalue weighted by Gasteiger charge is -2.14. The molecule has 0 amide bonds. The predicted octanol–water partition coefficient (Wildman–Crippen LogP) is 3.53. The van der Waals surface area contributed by atoms with Gasteiger partial charge in [0.05, 0.1) is 18.9 Å². The van der Waals surface area contributed by atoms with Crippen molar-refractivity contribution in [1.82, 2.24) is 4.57 Å². The summed E-state index contributed by atoms with van der Waals surface area (Å²) in [6, 6.07) is 11.2. The van der Waals surface area contributed by atoms with Crippen LogP contribution >= 0.6 is 0 Å². The second-order valence-corrected chi connectivity index (χ2v) is 6.24. The summed E-state index contributed by atoms with van der Waals surface area (Å²) in [5.74, 6) is -0.416. The standard InChI is InChI=1S/C19H17NO4/c1-12-11-20(15-7-4-3-6-13(12)15)17(21)19(18(22)23-2)10-14(19)16-8-5-9-24-16/h3-9,11,14H,10H2,1-2H3. The minimum Gasteiger partial charge on any atom is -0.469 e. The molecule has 2 heterocycles. The Labute approximate surface area is 138 Å². The maximum Gasteiger partial charge on any atom is 0.322 e. The van der Waals surface area contributed by atoms with Crippen molar-refractivity contribution in [1.29, 1.82) is 0 Å². The summed E-state index contributed by atoms with van der Waals surface area (Å²) < 4.78 is 11.9. The first-order valence-electron chi connectivity index (χ1n) is 7.83. The van der Waals surface area contributed by atoms with Crippen LogP contribution in [0.25, 0.3) is 10.9 Å². The highest BCUT2D eigenvalue weighted by Crippen LogP contribution is 2.61. The number of esters is 1. The van der Waals surface area contributed by atoms with Crippen molar-refractivity contribution in [2.75, 3.05) is 7.11 Å². The Morgan fingerprint density at radius 2 is 2.04 bits per heavy atom. The van der Waals surface area contributed by atoms with E-state index < -0.39 is 11.4 Å². The lowest BCUT2D eigenvalue weighted by molar-refractivity contribution is -0.145. The molecule has 2 atom stereocenters. The molecule has 0 aliphatic heterocycles. The number of hydrogen-bond acceptors (Lipinski definition) is 4. The van der Waals surface area contributed by atoms with Crippen molar-refractivity contribution in [3.05, 3.63) is 60.2 Å². The number of carbonyl (C=O) groups is 2. The first-order valence-corrected chi connectivity index (χ1v) is 7.83. The molecule has 24 heavy (non-hydrogen) atoms. The molecule has 0 radical (unpaired) electrons. The Hall–Kier alpha value is -2.82. The zero-order valence-electron chi connectivity index (χ0n) is 13.5. The number of methoxy groups -OCH3 is 1. The van der Waals surface area contributed by atoms with Crippen LogP contribution in [0, 0.1) is 12.3 Å². The smallest absolute Gasteiger partial charge is 0.322 e. The monoisotopic (exact) mass is 323 g/mol. The number of hydrogen-bond donors (Lipinski definition) is 0. The van der Waals surface area contributed by atoms with Gasteiger partial charge in [-0.05, 0) is 37.1 Å². The van der Waals surface area contributed by atoms with Crippen molar-refractivity contribution < 1.29 is 18.7 Å². The molecule has 5 nitrogen and oxygen atoms in total. The van der Waals surface area contributed by atoms with Crippen LogP contribution in [0.15, 0.2) is 53.3 Å². The highest BCUT2D eigenvalue weighted by atomic mass is 16.5. The van der Waals surface area contributed by atoms with Crippen molar-refractivity contribution in [2.24, 2.45) is 5.41 Å². The van der Waals surface area contributed by atoms with E-state index in [0.29, 0.717) is 12.2 Å². The van der Waals surface area contributed by atoms with Crippen LogP contribution in [0.5, 0.6) is 0 Å². The number of ether oxygens (including phenoxy) is 1. The van der Waals surface area contributed by atoms with E-state index in [1.54, 1.807) is 29.2 Å². The van der Waals surface area contributed by atoms with Gasteiger partial charge in [0.1, 0.15) is 5.76 Å². The van der Waals surface area contributed by atoms with Crippen LogP contribution in [-0.2, 0) is 9.53 Å². The summed E-state index contributed by atoms with van der Waals surface area (Å²) in [4.78, 5) is 25.7. The summed E-state index contributed by atoms with van der Waals surface area (Å²) >= 11 is 0. The third kappa shape index (κ3) is 1.87. The third-order valence-electron chi connectivity index (χ3n) is 4.91. The first-order chi connectivity index (χ1) is 11.6. The topological polar surface area (TPSA) is 61.4 Å². The van der Waals surface area contributed by atoms with Crippen LogP contribution in [0.2, 0.25) is 0 Å². The molecule has 1 saturated carbocycles. The van der Waals surface area contributed by atoms with Gasteiger partial charge in [0.2, 0.25) is 5.91 Å². The summed E-state index contributed by atoms with van der Waals surface area (Å²) in [5, 5.41) is 1.00. The van der Waals surface area contributed by atoms with Gasteiger partial charge in [-0.15, -0.1) is 0 Å². The zero-order valence-corrected chi connectivity index (χ0v) is 13.5. The van der Waals surface area contributed by atoms with Gasteiger partial charge >= 0.3 is 5.97 Å². The van der Waals surface area contributed by atoms with Crippen molar-refractivity contribution in [3.8, 4) is 0 Å². The van der Waals surface area contributed by atoms with Crippen LogP contribution in [-0.4, -0.2) is 23.6 Å². The van der Waals surface area contributed by atoms with E-state index in [9.17, 15) is 9.59 Å². The molecule has 1 aliphatic rings. The Morgan fingerprint density at radius 3 is 2.75 bits per heavy atom. The summed E-state index contributed by atoms with van der Waals surface area (Å²) in [7, 11) is 1.31. The van der Waals surface area contributed by atoms with Gasteiger partial charge < -0.3 is 9.15 Å². The first kappa shape index (κ1) is 14.8. The molecule has 5 heteroatoms. The van der Waals surface area contributed by atoms with E-state index >= 15 is 0 Å². The lowest BCUT2D eigenvalue weighted by atomic mass is 10.0. The highest BCUT2D eigenvalue weighted by molar-refractivity contribution is 6.11. The van der Waals surface area contributed by atoms with Crippen LogP contribution in [0.3, 0.4) is 0 Å². The van der Waals surface area contributed by atoms with Crippen LogP contribution in [0.4, 0.5) is 0 Å². The van der Waals surface area contributed by atoms with E-state index in [-0.39, 0.29) is 11.8 Å². The van der Waals surface area contributed by atoms with E-state index in [1.807, 2.05) is 31.2 Å². The van der Waals surface area contributed by atoms with Gasteiger partial charge in [0, 0.05) is 17.5 Å². The molecule has 0 bridgehead atoms. The highest BCUT2D eigenvalue weighted by Gasteiger charge is 2.69. The fourth-order valence-corrected chi connectivity index (χ4v) is 3.56. The fourth-order valence-electron chi connectivity index (χ4n) is 3.56. The lowest BCUT2D eigenvalue weighted by Crippen LogP contribution is -2.32. The van der Waals surface area contributed by atoms with Gasteiger partial charge in [-0.1, -0.05) is 18.2 Å². The number of nitrogens with zero attached hydrogens (tertiary/aromatic N) is 1. The molecule has 122 valence electrons. The predicted molar refractivity (Wildman–Crippen MR) is 87.8 cm³/mol. The van der Waals surface area contributed by atoms with E-state index in [2.05, 4.69) is 0 Å². The second-order valence-electron chi connectivity index (χ2n) is 6.24. The average Bonchev–Trinajstić information content (AvgIpc) is 2.97. The van der Waals surface area contributed by atoms with Gasteiger partial charge in [0.15, 0.2) is 5.41 Å². The van der Waals surface area contributed by atoms with Gasteiger partial charge in [-0.2, -0.15) is 0 Å². The van der Waals surface area contributed by atoms with Crippen LogP contribution in [0.1, 0.15) is 28.5 Å². The number of carbonyl (C=O) groups excluding carboxylic acids is 2. The molecule has 1 aromatic carbocycles. The Balaban J connectivity index is 1.82. The van der Waals surface area contributed by atoms with E-state index in [0.717, 1.165) is 16.5 Å². The van der Waals surface area contributed by atoms with Gasteiger partial charge in [-0.3, -0.25) is 14.2 Å². The normalized spacial score (nSPS) is 22.5. The largest absolute Gasteiger partial charge is 0.469 e. The Morgan fingerprint density at radius 1 is 1.25 bits per heavy atom. The molecule has 3 aromatic rings. The van der Waals surface area contributed by atoms with Gasteiger partial charge in [-0.25, -0.2) is 0 Å². The van der Waals surface area contributed by atoms with Crippen molar-refractivity contribution >= 4 is 22.8 Å². The van der Waals surface area contributed by atoms with Gasteiger partial charge in [0.25, 0.3) is 0 Å². The summed E-state index contributed by atoms with van der Waals surface area (Å²) in [6.45, 7) is 1.95. The van der Waals surface area contributed by atoms with E-state index in [1.165, 1.54) is 7.11 Å². The van der Waals surface area contributed by atoms with Crippen LogP contribution < -0.4 is 0 Å². The van der Waals surface area contributed by atoms with Crippen molar-refractivity contribution in [3.63, 3.8) is 0 Å². The molecule has 1 fully saturated rings. The molecule has 4 rings (SSSR count). The molecule has 0 saturated heterocycles. The Bertz CT molecular complexity index is 938. The number of fused-ring (bicyclic) bond motifs is 1. The number of aryl methyl sites for hydroxylation is 1. The maximum atomic E-state index is 13.3. The number of benzene rings is 1. The van der Waals surface area contributed by atoms with Crippen molar-refractivity contribution in [2.45, 2.75) is 19.3 Å². The molecule has 2 unspecified atom stereocenters. The molecular weight excluding hydrogens is 306 g/mol. The molecule has 1 aliphatic carbocycles. The number of para-hydroxylation sites is 1. The number of aromatic nitrogens is 1. The molecule has 0 spiro atoms. The fraction of sp³-hybridized carbons (Fsp3) is 0.263. The summed E-state index contributed by atoms with van der Waals surface area (Å²) in [6.07, 6.45) is 3.74. The average molecular weight is 323 g/mol. The maximum absolute atomic E-state index is 13.3. The molecular formula is C19H17NO4. The quantitative estimate of drug-likeness (QED) is 0.546. The number of furan rings is 1. The summed E-state index contributed by atoms with van der Waals surface area (Å²) in [5.41, 5.74) is 0.587.